The van der Waals surface area contributed by atoms with Gasteiger partial charge in [0.15, 0.2) is 0 Å². The number of nitrogens with zero attached hydrogens (tertiary/aromatic N) is 1. The largest absolute Gasteiger partial charge is 0.465 e. The number of carbonyl (C=O) groups is 1. The molecule has 0 aromatic heterocycles. The van der Waals surface area contributed by atoms with Crippen molar-refractivity contribution in [2.45, 2.75) is 26.1 Å². The standard InChI is InChI=1S/C15H21NO6/c1-10(2)8-11-9-12(6-7-13(11)16(18)19)15(21-4,22-5)14(17)20-3/h6-7,9-10H,8H2,1-5H3. The Morgan fingerprint density at radius 1 is 1.27 bits per heavy atom. The highest BCUT2D eigenvalue weighted by atomic mass is 16.7. The molecule has 122 valence electrons. The van der Waals surface area contributed by atoms with Gasteiger partial charge in [-0.3, -0.25) is 10.1 Å². The van der Waals surface area contributed by atoms with Crippen molar-refractivity contribution < 1.29 is 23.9 Å². The molecule has 0 atom stereocenters. The van der Waals surface area contributed by atoms with Gasteiger partial charge in [-0.2, -0.15) is 0 Å². The third kappa shape index (κ3) is 3.42. The van der Waals surface area contributed by atoms with Crippen molar-refractivity contribution in [2.24, 2.45) is 5.92 Å². The van der Waals surface area contributed by atoms with E-state index in [2.05, 4.69) is 0 Å². The van der Waals surface area contributed by atoms with Gasteiger partial charge in [0.25, 0.3) is 11.5 Å². The summed E-state index contributed by atoms with van der Waals surface area (Å²) >= 11 is 0. The summed E-state index contributed by atoms with van der Waals surface area (Å²) in [5, 5.41) is 11.1. The number of esters is 1. The number of nitro benzene ring substituents is 1. The van der Waals surface area contributed by atoms with Crippen molar-refractivity contribution in [3.63, 3.8) is 0 Å². The SMILES string of the molecule is COC(=O)C(OC)(OC)c1ccc([N+](=O)[O-])c(CC(C)C)c1. The smallest absolute Gasteiger partial charge is 0.371 e. The molecule has 7 heteroatoms. The number of ether oxygens (including phenoxy) is 3. The van der Waals surface area contributed by atoms with E-state index in [1.165, 1.54) is 33.5 Å². The molecule has 0 aliphatic heterocycles. The highest BCUT2D eigenvalue weighted by Crippen LogP contribution is 2.32. The van der Waals surface area contributed by atoms with Gasteiger partial charge in [0.05, 0.1) is 12.0 Å². The van der Waals surface area contributed by atoms with E-state index in [4.69, 9.17) is 14.2 Å². The Bertz CT molecular complexity index is 551. The molecule has 0 aliphatic rings. The van der Waals surface area contributed by atoms with E-state index in [0.717, 1.165) is 0 Å². The van der Waals surface area contributed by atoms with E-state index >= 15 is 0 Å². The second-order valence-electron chi connectivity index (χ2n) is 5.21. The van der Waals surface area contributed by atoms with Crippen molar-refractivity contribution in [1.82, 2.24) is 0 Å². The maximum atomic E-state index is 12.0. The Morgan fingerprint density at radius 3 is 2.27 bits per heavy atom. The lowest BCUT2D eigenvalue weighted by atomic mass is 9.96. The molecule has 7 nitrogen and oxygen atoms in total. The van der Waals surface area contributed by atoms with E-state index in [1.807, 2.05) is 13.8 Å². The number of hydrogen-bond acceptors (Lipinski definition) is 6. The van der Waals surface area contributed by atoms with Gasteiger partial charge in [-0.1, -0.05) is 13.8 Å². The highest BCUT2D eigenvalue weighted by Gasteiger charge is 2.43. The van der Waals surface area contributed by atoms with E-state index < -0.39 is 16.7 Å². The van der Waals surface area contributed by atoms with Crippen LogP contribution in [0, 0.1) is 16.0 Å². The molecular formula is C15H21NO6. The molecule has 0 radical (unpaired) electrons. The maximum absolute atomic E-state index is 12.0. The Labute approximate surface area is 129 Å². The molecule has 0 aliphatic carbocycles. The van der Waals surface area contributed by atoms with Crippen molar-refractivity contribution in [3.05, 3.63) is 39.4 Å². The lowest BCUT2D eigenvalue weighted by Gasteiger charge is -2.28. The average Bonchev–Trinajstić information content (AvgIpc) is 2.48. The number of rotatable bonds is 7. The Morgan fingerprint density at radius 2 is 1.86 bits per heavy atom. The molecule has 0 heterocycles. The number of carbonyl (C=O) groups excluding carboxylic acids is 1. The van der Waals surface area contributed by atoms with E-state index in [0.29, 0.717) is 17.5 Å². The van der Waals surface area contributed by atoms with Crippen LogP contribution in [0.2, 0.25) is 0 Å². The van der Waals surface area contributed by atoms with Crippen molar-refractivity contribution in [2.75, 3.05) is 21.3 Å². The molecule has 0 N–H and O–H groups in total. The minimum atomic E-state index is -1.74. The minimum absolute atomic E-state index is 0.00317. The molecule has 22 heavy (non-hydrogen) atoms. The molecule has 0 bridgehead atoms. The molecule has 0 fully saturated rings. The van der Waals surface area contributed by atoms with Gasteiger partial charge in [0.2, 0.25) is 0 Å². The number of hydrogen-bond donors (Lipinski definition) is 0. The fourth-order valence-corrected chi connectivity index (χ4v) is 2.31. The van der Waals surface area contributed by atoms with Crippen LogP contribution in [0.15, 0.2) is 18.2 Å². The quantitative estimate of drug-likeness (QED) is 0.332. The molecule has 0 saturated carbocycles. The van der Waals surface area contributed by atoms with Crippen LogP contribution in [0.1, 0.15) is 25.0 Å². The molecule has 0 saturated heterocycles. The first-order valence-corrected chi connectivity index (χ1v) is 6.78. The van der Waals surface area contributed by atoms with Gasteiger partial charge in [0, 0.05) is 31.4 Å². The predicted octanol–water partition coefficient (Wildman–Crippen LogP) is 2.41. The summed E-state index contributed by atoms with van der Waals surface area (Å²) in [6.07, 6.45) is 0.495. The monoisotopic (exact) mass is 311 g/mol. The van der Waals surface area contributed by atoms with Gasteiger partial charge in [-0.25, -0.2) is 4.79 Å². The first-order chi connectivity index (χ1) is 10.3. The van der Waals surface area contributed by atoms with E-state index in [1.54, 1.807) is 6.07 Å². The lowest BCUT2D eigenvalue weighted by molar-refractivity contribution is -0.385. The molecule has 0 unspecified atom stereocenters. The maximum Gasteiger partial charge on any atom is 0.371 e. The van der Waals surface area contributed by atoms with Crippen LogP contribution in [0.25, 0.3) is 0 Å². The van der Waals surface area contributed by atoms with Gasteiger partial charge in [-0.05, 0) is 24.5 Å². The fourth-order valence-electron chi connectivity index (χ4n) is 2.31. The molecule has 1 aromatic rings. The van der Waals surface area contributed by atoms with Crippen molar-refractivity contribution >= 4 is 11.7 Å². The van der Waals surface area contributed by atoms with Crippen LogP contribution in [-0.2, 0) is 31.2 Å². The topological polar surface area (TPSA) is 87.9 Å². The second-order valence-corrected chi connectivity index (χ2v) is 5.21. The van der Waals surface area contributed by atoms with Crippen LogP contribution < -0.4 is 0 Å². The average molecular weight is 311 g/mol. The highest BCUT2D eigenvalue weighted by molar-refractivity contribution is 5.80. The summed E-state index contributed by atoms with van der Waals surface area (Å²) < 4.78 is 15.2. The van der Waals surface area contributed by atoms with Crippen molar-refractivity contribution in [3.8, 4) is 0 Å². The van der Waals surface area contributed by atoms with Crippen LogP contribution in [0.4, 0.5) is 5.69 Å². The fraction of sp³-hybridized carbons (Fsp3) is 0.533. The second kappa shape index (κ2) is 7.33. The van der Waals surface area contributed by atoms with E-state index in [-0.39, 0.29) is 11.6 Å². The zero-order chi connectivity index (χ0) is 16.9. The molecule has 1 rings (SSSR count). The number of benzene rings is 1. The Balaban J connectivity index is 3.46. The van der Waals surface area contributed by atoms with E-state index in [9.17, 15) is 14.9 Å². The number of methoxy groups -OCH3 is 3. The lowest BCUT2D eigenvalue weighted by Crippen LogP contribution is -2.40. The predicted molar refractivity (Wildman–Crippen MR) is 79.4 cm³/mol. The van der Waals surface area contributed by atoms with Crippen LogP contribution in [-0.4, -0.2) is 32.2 Å². The van der Waals surface area contributed by atoms with Crippen LogP contribution in [0.5, 0.6) is 0 Å². The summed E-state index contributed by atoms with van der Waals surface area (Å²) in [6, 6.07) is 4.34. The zero-order valence-corrected chi connectivity index (χ0v) is 13.4. The Kier molecular flexibility index (Phi) is 6.01. The van der Waals surface area contributed by atoms with Gasteiger partial charge in [-0.15, -0.1) is 0 Å². The third-order valence-corrected chi connectivity index (χ3v) is 3.31. The summed E-state index contributed by atoms with van der Waals surface area (Å²) in [5.41, 5.74) is 0.869. The first kappa shape index (κ1) is 18.1. The molecule has 1 aromatic carbocycles. The Hall–Kier alpha value is -1.99. The molecule has 0 amide bonds. The first-order valence-electron chi connectivity index (χ1n) is 6.78. The summed E-state index contributed by atoms with van der Waals surface area (Å²) in [5.74, 6) is -2.26. The molecule has 0 spiro atoms. The third-order valence-electron chi connectivity index (χ3n) is 3.31. The van der Waals surface area contributed by atoms with Gasteiger partial charge in [0.1, 0.15) is 0 Å². The normalized spacial score (nSPS) is 11.5. The van der Waals surface area contributed by atoms with Crippen LogP contribution >= 0.6 is 0 Å². The van der Waals surface area contributed by atoms with Gasteiger partial charge >= 0.3 is 5.97 Å². The van der Waals surface area contributed by atoms with Gasteiger partial charge < -0.3 is 14.2 Å². The van der Waals surface area contributed by atoms with Crippen LogP contribution in [0.3, 0.4) is 0 Å². The molecular weight excluding hydrogens is 290 g/mol. The minimum Gasteiger partial charge on any atom is -0.465 e. The summed E-state index contributed by atoms with van der Waals surface area (Å²) in [6.45, 7) is 3.91. The number of nitro groups is 1. The summed E-state index contributed by atoms with van der Waals surface area (Å²) in [7, 11) is 3.84. The van der Waals surface area contributed by atoms with Crippen molar-refractivity contribution in [1.29, 1.82) is 0 Å². The zero-order valence-electron chi connectivity index (χ0n) is 13.4. The summed E-state index contributed by atoms with van der Waals surface area (Å²) in [4.78, 5) is 22.7.